The van der Waals surface area contributed by atoms with Gasteiger partial charge in [-0.05, 0) is 0 Å². The molecule has 0 saturated carbocycles. The summed E-state index contributed by atoms with van der Waals surface area (Å²) < 4.78 is 39.0. The molecule has 37 heteroatoms. The third kappa shape index (κ3) is 10.1. The Morgan fingerprint density at radius 3 is 1.19 bits per heavy atom. The van der Waals surface area contributed by atoms with Crippen molar-refractivity contribution in [3.05, 3.63) is 25.3 Å². The molecule has 0 radical (unpaired) electrons. The van der Waals surface area contributed by atoms with E-state index in [1.807, 2.05) is 0 Å². The number of fused-ring (bicyclic) bond motifs is 2. The molecule has 2 saturated heterocycles. The summed E-state index contributed by atoms with van der Waals surface area (Å²) in [5.74, 6) is -0.0273. The molecular weight excluding hydrogens is 887 g/mol. The van der Waals surface area contributed by atoms with Gasteiger partial charge in [-0.3, -0.25) is 9.13 Å². The van der Waals surface area contributed by atoms with Crippen molar-refractivity contribution in [3.8, 4) is 0 Å². The SMILES string of the molecule is Nc1ncnc2c1ncn2[C@@H]1O[C@H](CO[P+](O)(O)O[P+](O)(O)O[P+](O)(O)O[P+](O)(O)O[P+](O)(O)OC[C@H]2O[C@@H](n3cnc4c(N)ncnc43)[C@H](O)[C@@H]2O)[C@@H](O)[C@H]1O. The molecule has 8 atom stereocenters. The summed E-state index contributed by atoms with van der Waals surface area (Å²) in [6, 6.07) is 0. The van der Waals surface area contributed by atoms with Gasteiger partial charge in [0.25, 0.3) is 0 Å². The maximum absolute atomic E-state index is 10.5. The maximum Gasteiger partial charge on any atom is 0.667 e. The minimum Gasteiger partial charge on any atom is -0.387 e. The van der Waals surface area contributed by atoms with Crippen molar-refractivity contribution < 1.29 is 105 Å². The summed E-state index contributed by atoms with van der Waals surface area (Å²) in [5, 5.41) is 42.0. The van der Waals surface area contributed by atoms with Gasteiger partial charge < -0.3 is 41.4 Å². The summed E-state index contributed by atoms with van der Waals surface area (Å²) in [7, 11) is -28.8. The molecule has 32 nitrogen and oxygen atoms in total. The Labute approximate surface area is 318 Å². The molecule has 2 aliphatic heterocycles. The summed E-state index contributed by atoms with van der Waals surface area (Å²) in [6.45, 7) is -2.09. The fraction of sp³-hybridized carbons (Fsp3) is 0.500. The van der Waals surface area contributed by atoms with Crippen molar-refractivity contribution >= 4 is 74.8 Å². The van der Waals surface area contributed by atoms with Crippen LogP contribution in [0.15, 0.2) is 25.3 Å². The lowest BCUT2D eigenvalue weighted by atomic mass is 10.1. The highest BCUT2D eigenvalue weighted by atomic mass is 31.4. The van der Waals surface area contributed by atoms with Gasteiger partial charge in [-0.25, -0.2) is 29.9 Å². The molecule has 2 fully saturated rings. The normalized spacial score (nSPS) is 26.6. The van der Waals surface area contributed by atoms with Crippen LogP contribution in [0.4, 0.5) is 11.6 Å². The lowest BCUT2D eigenvalue weighted by Gasteiger charge is -2.16. The molecule has 4 aromatic rings. The zero-order chi connectivity index (χ0) is 41.9. The predicted octanol–water partition coefficient (Wildman–Crippen LogP) is -4.52. The third-order valence-electron chi connectivity index (χ3n) is 7.66. The Kier molecular flexibility index (Phi) is 12.8. The second-order valence-electron chi connectivity index (χ2n) is 11.6. The molecule has 0 spiro atoms. The van der Waals surface area contributed by atoms with Crippen LogP contribution in [-0.2, 0) is 35.8 Å². The van der Waals surface area contributed by atoms with Crippen molar-refractivity contribution in [2.45, 2.75) is 49.1 Å². The van der Waals surface area contributed by atoms with Crippen molar-refractivity contribution in [2.24, 2.45) is 0 Å². The van der Waals surface area contributed by atoms with Crippen molar-refractivity contribution in [3.63, 3.8) is 0 Å². The van der Waals surface area contributed by atoms with E-state index in [0.717, 1.165) is 25.3 Å². The monoisotopic (exact) mass is 921 g/mol. The molecule has 4 aromatic heterocycles. The molecule has 0 unspecified atom stereocenters. The van der Waals surface area contributed by atoms with Crippen LogP contribution in [0.5, 0.6) is 0 Å². The lowest BCUT2D eigenvalue weighted by Crippen LogP contribution is -2.34. The number of imidazole rings is 2. The molecule has 0 amide bonds. The number of aliphatic hydroxyl groups excluding tert-OH is 4. The van der Waals surface area contributed by atoms with Crippen molar-refractivity contribution in [2.75, 3.05) is 24.7 Å². The summed E-state index contributed by atoms with van der Waals surface area (Å²) in [6.07, 6.45) is -8.41. The maximum atomic E-state index is 10.5. The molecule has 6 rings (SSSR count). The first-order valence-corrected chi connectivity index (χ1v) is 22.8. The summed E-state index contributed by atoms with van der Waals surface area (Å²) in [5.41, 5.74) is 11.9. The zero-order valence-electron chi connectivity index (χ0n) is 27.8. The fourth-order valence-electron chi connectivity index (χ4n) is 5.29. The molecular formula is C20H34N10O22P5+5. The average molecular weight is 921 g/mol. The van der Waals surface area contributed by atoms with Crippen LogP contribution in [0.25, 0.3) is 22.3 Å². The van der Waals surface area contributed by atoms with Gasteiger partial charge in [0.1, 0.15) is 82.1 Å². The van der Waals surface area contributed by atoms with E-state index < -0.39 is 103 Å². The molecule has 18 N–H and O–H groups in total. The van der Waals surface area contributed by atoms with Gasteiger partial charge in [0.2, 0.25) is 0 Å². The van der Waals surface area contributed by atoms with Crippen molar-refractivity contribution in [1.82, 2.24) is 39.0 Å². The van der Waals surface area contributed by atoms with Gasteiger partial charge in [-0.1, -0.05) is 0 Å². The summed E-state index contributed by atoms with van der Waals surface area (Å²) >= 11 is 0. The highest BCUT2D eigenvalue weighted by Crippen LogP contribution is 2.83. The van der Waals surface area contributed by atoms with E-state index >= 15 is 0 Å². The Hall–Kier alpha value is -2.03. The van der Waals surface area contributed by atoms with Crippen molar-refractivity contribution in [1.29, 1.82) is 0 Å². The van der Waals surface area contributed by atoms with Gasteiger partial charge in [0.15, 0.2) is 35.4 Å². The van der Waals surface area contributed by atoms with E-state index in [4.69, 9.17) is 20.9 Å². The second-order valence-corrected chi connectivity index (χ2v) is 19.7. The molecule has 316 valence electrons. The second kappa shape index (κ2) is 16.4. The van der Waals surface area contributed by atoms with Gasteiger partial charge in [0.05, 0.1) is 21.3 Å². The van der Waals surface area contributed by atoms with Crippen LogP contribution >= 0.6 is 40.9 Å². The Morgan fingerprint density at radius 1 is 0.509 bits per heavy atom. The van der Waals surface area contributed by atoms with E-state index in [1.165, 1.54) is 9.13 Å². The van der Waals surface area contributed by atoms with Crippen LogP contribution < -0.4 is 11.5 Å². The quantitative estimate of drug-likeness (QED) is 0.0471. The third-order valence-corrected chi connectivity index (χ3v) is 15.4. The standard InChI is InChI=1S/C20H34N10O22P5/c21-15-9-17(25-3-23-15)29(5-27-9)19-13(33)11(31)7(47-19)1-45-53(35,36)49-55(39,40)51-57(43,44)52-56(41,42)50-54(37,38)46-2-8-12(32)14(34)20(48-8)30-6-28-10-16(22)24-4-26-18(10)30/h3-8,11-14,19-20,31-44H,1-2H2,(H2,21,23,25)(H2,22,24,26)/q+5/t7-,8-,11-,12-,13-,14-,19-,20-/m1/s1. The van der Waals surface area contributed by atoms with Crippen LogP contribution in [0.2, 0.25) is 0 Å². The number of hydrogen-bond acceptors (Lipinski definition) is 30. The Morgan fingerprint density at radius 2 is 0.842 bits per heavy atom. The number of nitrogen functional groups attached to an aromatic ring is 2. The van der Waals surface area contributed by atoms with E-state index in [1.54, 1.807) is 0 Å². The minimum absolute atomic E-state index is 0.0136. The van der Waals surface area contributed by atoms with E-state index in [2.05, 4.69) is 56.2 Å². The number of hydrogen-bond donors (Lipinski definition) is 16. The van der Waals surface area contributed by atoms with Gasteiger partial charge in [-0.2, -0.15) is 48.9 Å². The highest BCUT2D eigenvalue weighted by molar-refractivity contribution is 7.78. The van der Waals surface area contributed by atoms with Crippen LogP contribution in [-0.4, -0.2) is 158 Å². The molecule has 0 aliphatic carbocycles. The number of aromatic nitrogens is 8. The predicted molar refractivity (Wildman–Crippen MR) is 184 cm³/mol. The number of rotatable bonds is 16. The van der Waals surface area contributed by atoms with Crippen LogP contribution in [0, 0.1) is 0 Å². The van der Waals surface area contributed by atoms with Gasteiger partial charge >= 0.3 is 40.9 Å². The van der Waals surface area contributed by atoms with E-state index in [-0.39, 0.29) is 34.0 Å². The molecule has 0 aromatic carbocycles. The number of nitrogens with two attached hydrogens (primary N) is 2. The number of nitrogens with zero attached hydrogens (tertiary/aromatic N) is 8. The zero-order valence-corrected chi connectivity index (χ0v) is 32.3. The molecule has 6 heterocycles. The molecule has 2 aliphatic rings. The largest absolute Gasteiger partial charge is 0.667 e. The summed E-state index contributed by atoms with van der Waals surface area (Å²) in [4.78, 5) is 124. The minimum atomic E-state index is -6.02. The first-order valence-electron chi connectivity index (χ1n) is 15.1. The lowest BCUT2D eigenvalue weighted by molar-refractivity contribution is -0.0524. The van der Waals surface area contributed by atoms with Crippen LogP contribution in [0.3, 0.4) is 0 Å². The van der Waals surface area contributed by atoms with Gasteiger partial charge in [0, 0.05) is 0 Å². The van der Waals surface area contributed by atoms with E-state index in [9.17, 15) is 69.4 Å². The Bertz CT molecular complexity index is 1910. The van der Waals surface area contributed by atoms with E-state index in [0.29, 0.717) is 0 Å². The van der Waals surface area contributed by atoms with Gasteiger partial charge in [-0.15, -0.1) is 9.05 Å². The number of aliphatic hydroxyl groups is 4. The van der Waals surface area contributed by atoms with Crippen LogP contribution in [0.1, 0.15) is 12.5 Å². The number of anilines is 2. The molecule has 57 heavy (non-hydrogen) atoms. The topological polar surface area (TPSA) is 496 Å². The Balaban J connectivity index is 0.993. The fourth-order valence-corrected chi connectivity index (χ4v) is 11.9. The highest BCUT2D eigenvalue weighted by Gasteiger charge is 2.77. The number of ether oxygens (including phenoxy) is 2. The smallest absolute Gasteiger partial charge is 0.387 e. The first-order chi connectivity index (χ1) is 26.4. The average Bonchev–Trinajstić information content (AvgIpc) is 3.83. The molecule has 0 bridgehead atoms. The first kappa shape index (κ1) is 44.5.